The van der Waals surface area contributed by atoms with E-state index in [1.807, 2.05) is 12.1 Å². The Hall–Kier alpha value is -0.910. The molecule has 0 heterocycles. The Kier molecular flexibility index (Phi) is 5.79. The van der Waals surface area contributed by atoms with Crippen LogP contribution >= 0.6 is 0 Å². The van der Waals surface area contributed by atoms with Gasteiger partial charge in [-0.2, -0.15) is 0 Å². The van der Waals surface area contributed by atoms with Crippen LogP contribution in [-0.2, 0) is 16.4 Å². The van der Waals surface area contributed by atoms with Crippen molar-refractivity contribution in [3.63, 3.8) is 0 Å². The standard InChI is InChI=1S/C16H26N2O2S/c1-3-11-17-15(13-9-10-13)12-14-7-5-6-8-16(14)21(19,20)18-4-2/h5-8,13,15,17-18H,3-4,9-12H2,1-2H3. The molecule has 2 N–H and O–H groups in total. The highest BCUT2D eigenvalue weighted by Gasteiger charge is 2.31. The minimum atomic E-state index is -3.39. The first-order valence-electron chi connectivity index (χ1n) is 7.89. The summed E-state index contributed by atoms with van der Waals surface area (Å²) >= 11 is 0. The summed E-state index contributed by atoms with van der Waals surface area (Å²) in [6, 6.07) is 7.75. The summed E-state index contributed by atoms with van der Waals surface area (Å²) in [5.41, 5.74) is 0.916. The van der Waals surface area contributed by atoms with E-state index in [1.54, 1.807) is 19.1 Å². The third-order valence-corrected chi connectivity index (χ3v) is 5.53. The van der Waals surface area contributed by atoms with Gasteiger partial charge in [-0.05, 0) is 49.8 Å². The molecule has 0 bridgehead atoms. The van der Waals surface area contributed by atoms with E-state index < -0.39 is 10.0 Å². The molecule has 1 aliphatic rings. The lowest BCUT2D eigenvalue weighted by molar-refractivity contribution is 0.457. The van der Waals surface area contributed by atoms with Crippen LogP contribution in [0.2, 0.25) is 0 Å². The van der Waals surface area contributed by atoms with Crippen LogP contribution in [0.5, 0.6) is 0 Å². The number of rotatable bonds is 9. The molecule has 1 fully saturated rings. The van der Waals surface area contributed by atoms with Gasteiger partial charge in [0.1, 0.15) is 0 Å². The van der Waals surface area contributed by atoms with Crippen LogP contribution < -0.4 is 10.0 Å². The van der Waals surface area contributed by atoms with Gasteiger partial charge >= 0.3 is 0 Å². The lowest BCUT2D eigenvalue weighted by atomic mass is 10.0. The minimum absolute atomic E-state index is 0.392. The van der Waals surface area contributed by atoms with E-state index in [1.165, 1.54) is 12.8 Å². The van der Waals surface area contributed by atoms with Gasteiger partial charge < -0.3 is 5.32 Å². The van der Waals surface area contributed by atoms with E-state index in [2.05, 4.69) is 17.0 Å². The van der Waals surface area contributed by atoms with Crippen LogP contribution in [-0.4, -0.2) is 27.5 Å². The number of benzene rings is 1. The Balaban J connectivity index is 2.19. The summed E-state index contributed by atoms with van der Waals surface area (Å²) in [4.78, 5) is 0.427. The smallest absolute Gasteiger partial charge is 0.240 e. The zero-order valence-corrected chi connectivity index (χ0v) is 13.7. The molecule has 0 radical (unpaired) electrons. The molecule has 5 heteroatoms. The highest BCUT2D eigenvalue weighted by atomic mass is 32.2. The highest BCUT2D eigenvalue weighted by molar-refractivity contribution is 7.89. The van der Waals surface area contributed by atoms with Crippen LogP contribution in [0.15, 0.2) is 29.2 Å². The van der Waals surface area contributed by atoms with Crippen molar-refractivity contribution in [3.8, 4) is 0 Å². The summed E-state index contributed by atoms with van der Waals surface area (Å²) in [7, 11) is -3.39. The summed E-state index contributed by atoms with van der Waals surface area (Å²) in [6.45, 7) is 5.36. The number of nitrogens with one attached hydrogen (secondary N) is 2. The van der Waals surface area contributed by atoms with Crippen molar-refractivity contribution in [2.45, 2.75) is 50.5 Å². The predicted molar refractivity (Wildman–Crippen MR) is 85.8 cm³/mol. The van der Waals surface area contributed by atoms with Gasteiger partial charge in [-0.1, -0.05) is 32.0 Å². The van der Waals surface area contributed by atoms with Crippen LogP contribution in [0.3, 0.4) is 0 Å². The Morgan fingerprint density at radius 2 is 1.95 bits per heavy atom. The second kappa shape index (κ2) is 7.38. The average molecular weight is 310 g/mol. The summed E-state index contributed by atoms with van der Waals surface area (Å²) < 4.78 is 27.2. The molecule has 0 saturated heterocycles. The van der Waals surface area contributed by atoms with Crippen molar-refractivity contribution >= 4 is 10.0 Å². The van der Waals surface area contributed by atoms with Crippen molar-refractivity contribution < 1.29 is 8.42 Å². The maximum atomic E-state index is 12.3. The molecule has 1 aromatic carbocycles. The fourth-order valence-electron chi connectivity index (χ4n) is 2.67. The van der Waals surface area contributed by atoms with Gasteiger partial charge in [-0.3, -0.25) is 0 Å². The normalized spacial score (nSPS) is 16.9. The second-order valence-corrected chi connectivity index (χ2v) is 7.45. The van der Waals surface area contributed by atoms with Gasteiger partial charge in [0.15, 0.2) is 0 Å². The predicted octanol–water partition coefficient (Wildman–Crippen LogP) is 2.31. The first-order chi connectivity index (χ1) is 10.1. The quantitative estimate of drug-likeness (QED) is 0.736. The van der Waals surface area contributed by atoms with Crippen molar-refractivity contribution in [2.75, 3.05) is 13.1 Å². The molecule has 1 unspecified atom stereocenters. The van der Waals surface area contributed by atoms with Crippen LogP contribution in [0.1, 0.15) is 38.7 Å². The topological polar surface area (TPSA) is 58.2 Å². The Labute approximate surface area is 128 Å². The van der Waals surface area contributed by atoms with Gasteiger partial charge in [0.2, 0.25) is 10.0 Å². The van der Waals surface area contributed by atoms with E-state index in [9.17, 15) is 8.42 Å². The molecule has 0 aromatic heterocycles. The van der Waals surface area contributed by atoms with Gasteiger partial charge in [0.05, 0.1) is 4.90 Å². The maximum Gasteiger partial charge on any atom is 0.240 e. The van der Waals surface area contributed by atoms with Crippen LogP contribution in [0.25, 0.3) is 0 Å². The van der Waals surface area contributed by atoms with E-state index in [0.717, 1.165) is 24.9 Å². The van der Waals surface area contributed by atoms with Gasteiger partial charge in [-0.15, -0.1) is 0 Å². The van der Waals surface area contributed by atoms with E-state index >= 15 is 0 Å². The largest absolute Gasteiger partial charge is 0.313 e. The van der Waals surface area contributed by atoms with Crippen molar-refractivity contribution in [1.82, 2.24) is 10.0 Å². The fraction of sp³-hybridized carbons (Fsp3) is 0.625. The third kappa shape index (κ3) is 4.53. The molecule has 1 aromatic rings. The molecule has 2 rings (SSSR count). The lowest BCUT2D eigenvalue weighted by Crippen LogP contribution is -2.34. The van der Waals surface area contributed by atoms with Crippen molar-refractivity contribution in [1.29, 1.82) is 0 Å². The van der Waals surface area contributed by atoms with Crippen molar-refractivity contribution in [2.24, 2.45) is 5.92 Å². The van der Waals surface area contributed by atoms with E-state index in [-0.39, 0.29) is 0 Å². The van der Waals surface area contributed by atoms with Gasteiger partial charge in [0.25, 0.3) is 0 Å². The molecule has 1 saturated carbocycles. The van der Waals surface area contributed by atoms with E-state index in [4.69, 9.17) is 0 Å². The molecular weight excluding hydrogens is 284 g/mol. The molecule has 1 aliphatic carbocycles. The third-order valence-electron chi connectivity index (χ3n) is 3.88. The molecule has 0 spiro atoms. The fourth-order valence-corrected chi connectivity index (χ4v) is 3.96. The van der Waals surface area contributed by atoms with E-state index in [0.29, 0.717) is 23.4 Å². The Morgan fingerprint density at radius 1 is 1.24 bits per heavy atom. The minimum Gasteiger partial charge on any atom is -0.313 e. The van der Waals surface area contributed by atoms with Gasteiger partial charge in [0, 0.05) is 12.6 Å². The van der Waals surface area contributed by atoms with Gasteiger partial charge in [-0.25, -0.2) is 13.1 Å². The molecular formula is C16H26N2O2S. The molecule has 118 valence electrons. The first kappa shape index (κ1) is 16.5. The lowest BCUT2D eigenvalue weighted by Gasteiger charge is -2.20. The Morgan fingerprint density at radius 3 is 2.57 bits per heavy atom. The maximum absolute atomic E-state index is 12.3. The van der Waals surface area contributed by atoms with Crippen LogP contribution in [0.4, 0.5) is 0 Å². The molecule has 0 aliphatic heterocycles. The number of hydrogen-bond donors (Lipinski definition) is 2. The number of hydrogen-bond acceptors (Lipinski definition) is 3. The van der Waals surface area contributed by atoms with Crippen molar-refractivity contribution in [3.05, 3.63) is 29.8 Å². The zero-order valence-electron chi connectivity index (χ0n) is 12.9. The number of sulfonamides is 1. The summed E-state index contributed by atoms with van der Waals surface area (Å²) in [5, 5.41) is 3.58. The van der Waals surface area contributed by atoms with Crippen LogP contribution in [0, 0.1) is 5.92 Å². The zero-order chi connectivity index (χ0) is 15.3. The summed E-state index contributed by atoms with van der Waals surface area (Å²) in [5.74, 6) is 0.700. The Bertz CT molecular complexity index is 553. The molecule has 0 amide bonds. The SMILES string of the molecule is CCCNC(Cc1ccccc1S(=O)(=O)NCC)C1CC1. The second-order valence-electron chi connectivity index (χ2n) is 5.71. The monoisotopic (exact) mass is 310 g/mol. The molecule has 4 nitrogen and oxygen atoms in total. The highest BCUT2D eigenvalue weighted by Crippen LogP contribution is 2.34. The first-order valence-corrected chi connectivity index (χ1v) is 9.37. The summed E-state index contributed by atoms with van der Waals surface area (Å²) in [6.07, 6.45) is 4.39. The molecule has 1 atom stereocenters. The molecule has 21 heavy (non-hydrogen) atoms. The average Bonchev–Trinajstić information content (AvgIpc) is 3.28.